The van der Waals surface area contributed by atoms with Gasteiger partial charge in [-0.05, 0) is 53.9 Å². The molecule has 0 radical (unpaired) electrons. The Morgan fingerprint density at radius 1 is 1.31 bits per heavy atom. The fourth-order valence-corrected chi connectivity index (χ4v) is 5.29. The highest BCUT2D eigenvalue weighted by Crippen LogP contribution is 2.45. The van der Waals surface area contributed by atoms with E-state index < -0.39 is 11.6 Å². The molecule has 0 spiro atoms. The molecule has 1 aliphatic rings. The summed E-state index contributed by atoms with van der Waals surface area (Å²) in [6.07, 6.45) is 4.95. The van der Waals surface area contributed by atoms with Gasteiger partial charge in [-0.15, -0.1) is 0 Å². The number of H-pyrrole nitrogens is 1. The quantitative estimate of drug-likeness (QED) is 0.485. The second kappa shape index (κ2) is 9.32. The number of imidazole rings is 1. The van der Waals surface area contributed by atoms with Crippen LogP contribution in [0.25, 0.3) is 0 Å². The summed E-state index contributed by atoms with van der Waals surface area (Å²) >= 11 is 1.25. The van der Waals surface area contributed by atoms with Crippen LogP contribution in [0.3, 0.4) is 0 Å². The summed E-state index contributed by atoms with van der Waals surface area (Å²) in [5.41, 5.74) is 2.84. The van der Waals surface area contributed by atoms with Crippen LogP contribution in [0.4, 0.5) is 0 Å². The first-order chi connectivity index (χ1) is 15.0. The maximum Gasteiger partial charge on any atom is 0.349 e. The summed E-state index contributed by atoms with van der Waals surface area (Å²) in [7, 11) is 0. The Labute approximate surface area is 194 Å². The number of carbonyl (C=O) groups is 1. The Balaban J connectivity index is 1.93. The first-order valence-corrected chi connectivity index (χ1v) is 11.8. The lowest BCUT2D eigenvalue weighted by molar-refractivity contribution is -0.164. The van der Waals surface area contributed by atoms with Crippen LogP contribution in [0.1, 0.15) is 69.8 Å². The lowest BCUT2D eigenvalue weighted by Crippen LogP contribution is -2.44. The standard InChI is InChI=1S/C25H34N2O4S/c1-15(2)25(8-7-18-12-26-14-27-18)11-20(29)22(23(30)31-25)32-21-9-16(3)17(13-28)10-19(21)24(4,5)6/h9-10,12,14-15,28-29H,7-8,11,13H2,1-6H3,(H,26,27). The fraction of sp³-hybridized carbons (Fsp3) is 0.520. The van der Waals surface area contributed by atoms with Gasteiger partial charge in [-0.2, -0.15) is 0 Å². The number of aryl methyl sites for hydroxylation is 2. The first-order valence-electron chi connectivity index (χ1n) is 11.0. The van der Waals surface area contributed by atoms with Crippen LogP contribution in [0.5, 0.6) is 0 Å². The van der Waals surface area contributed by atoms with Crippen molar-refractivity contribution in [3.05, 3.63) is 57.7 Å². The number of aromatic amines is 1. The molecule has 1 aromatic heterocycles. The van der Waals surface area contributed by atoms with E-state index in [1.54, 1.807) is 12.5 Å². The molecular formula is C25H34N2O4S. The largest absolute Gasteiger partial charge is 0.511 e. The van der Waals surface area contributed by atoms with E-state index in [4.69, 9.17) is 4.74 Å². The molecule has 0 saturated carbocycles. The van der Waals surface area contributed by atoms with E-state index in [0.717, 1.165) is 27.3 Å². The number of hydrogen-bond donors (Lipinski definition) is 3. The van der Waals surface area contributed by atoms with Crippen LogP contribution in [0.2, 0.25) is 0 Å². The van der Waals surface area contributed by atoms with Crippen molar-refractivity contribution in [2.75, 3.05) is 0 Å². The number of nitrogens with zero attached hydrogens (tertiary/aromatic N) is 1. The number of cyclic esters (lactones) is 1. The molecule has 0 amide bonds. The van der Waals surface area contributed by atoms with E-state index in [9.17, 15) is 15.0 Å². The van der Waals surface area contributed by atoms with Gasteiger partial charge >= 0.3 is 5.97 Å². The molecule has 174 valence electrons. The molecule has 0 aliphatic carbocycles. The maximum atomic E-state index is 13.1. The molecule has 3 N–H and O–H groups in total. The molecule has 2 heterocycles. The molecule has 6 nitrogen and oxygen atoms in total. The third kappa shape index (κ3) is 5.04. The minimum absolute atomic E-state index is 0.0386. The molecule has 32 heavy (non-hydrogen) atoms. The smallest absolute Gasteiger partial charge is 0.349 e. The predicted octanol–water partition coefficient (Wildman–Crippen LogP) is 5.34. The molecule has 0 fully saturated rings. The molecular weight excluding hydrogens is 424 g/mol. The average molecular weight is 459 g/mol. The van der Waals surface area contributed by atoms with Gasteiger partial charge in [0, 0.05) is 23.2 Å². The van der Waals surface area contributed by atoms with Gasteiger partial charge in [0.1, 0.15) is 16.3 Å². The van der Waals surface area contributed by atoms with E-state index >= 15 is 0 Å². The summed E-state index contributed by atoms with van der Waals surface area (Å²) in [5.74, 6) is -0.367. The van der Waals surface area contributed by atoms with Gasteiger partial charge < -0.3 is 19.9 Å². The molecule has 1 unspecified atom stereocenters. The zero-order chi connectivity index (χ0) is 23.7. The minimum Gasteiger partial charge on any atom is -0.511 e. The predicted molar refractivity (Wildman–Crippen MR) is 127 cm³/mol. The number of aliphatic hydroxyl groups excluding tert-OH is 2. The number of rotatable bonds is 7. The average Bonchev–Trinajstić information content (AvgIpc) is 3.22. The highest BCUT2D eigenvalue weighted by atomic mass is 32.2. The number of carbonyl (C=O) groups excluding carboxylic acids is 1. The number of nitrogens with one attached hydrogen (secondary N) is 1. The van der Waals surface area contributed by atoms with E-state index in [2.05, 4.69) is 30.7 Å². The summed E-state index contributed by atoms with van der Waals surface area (Å²) in [5, 5.41) is 20.7. The number of aromatic nitrogens is 2. The highest BCUT2D eigenvalue weighted by Gasteiger charge is 2.44. The molecule has 0 saturated heterocycles. The van der Waals surface area contributed by atoms with E-state index in [1.807, 2.05) is 32.9 Å². The molecule has 1 atom stereocenters. The molecule has 1 aromatic carbocycles. The van der Waals surface area contributed by atoms with E-state index in [1.165, 1.54) is 11.8 Å². The van der Waals surface area contributed by atoms with Crippen molar-refractivity contribution in [1.82, 2.24) is 9.97 Å². The van der Waals surface area contributed by atoms with Crippen molar-refractivity contribution in [2.45, 2.75) is 83.3 Å². The van der Waals surface area contributed by atoms with Crippen molar-refractivity contribution in [2.24, 2.45) is 5.92 Å². The number of ether oxygens (including phenoxy) is 1. The van der Waals surface area contributed by atoms with Gasteiger partial charge in [0.15, 0.2) is 0 Å². The summed E-state index contributed by atoms with van der Waals surface area (Å²) < 4.78 is 6.04. The number of benzene rings is 1. The summed E-state index contributed by atoms with van der Waals surface area (Å²) in [6, 6.07) is 3.97. The van der Waals surface area contributed by atoms with E-state index in [0.29, 0.717) is 12.8 Å². The molecule has 7 heteroatoms. The topological polar surface area (TPSA) is 95.4 Å². The highest BCUT2D eigenvalue weighted by molar-refractivity contribution is 8.04. The Morgan fingerprint density at radius 2 is 2.03 bits per heavy atom. The van der Waals surface area contributed by atoms with E-state index in [-0.39, 0.29) is 35.0 Å². The Morgan fingerprint density at radius 3 is 2.56 bits per heavy atom. The van der Waals surface area contributed by atoms with Crippen molar-refractivity contribution in [1.29, 1.82) is 0 Å². The number of hydrogen-bond acceptors (Lipinski definition) is 6. The lowest BCUT2D eigenvalue weighted by atomic mass is 9.80. The second-order valence-corrected chi connectivity index (χ2v) is 11.0. The van der Waals surface area contributed by atoms with Gasteiger partial charge in [0.05, 0.1) is 12.9 Å². The Kier molecular flexibility index (Phi) is 7.10. The van der Waals surface area contributed by atoms with Crippen LogP contribution in [-0.4, -0.2) is 31.8 Å². The number of esters is 1. The monoisotopic (exact) mass is 458 g/mol. The zero-order valence-corrected chi connectivity index (χ0v) is 20.6. The molecule has 0 bridgehead atoms. The zero-order valence-electron chi connectivity index (χ0n) is 19.8. The van der Waals surface area contributed by atoms with Crippen LogP contribution >= 0.6 is 11.8 Å². The van der Waals surface area contributed by atoms with Crippen LogP contribution in [-0.2, 0) is 28.0 Å². The number of thioether (sulfide) groups is 1. The van der Waals surface area contributed by atoms with Gasteiger partial charge in [0.25, 0.3) is 0 Å². The first kappa shape index (κ1) is 24.4. The summed E-state index contributed by atoms with van der Waals surface area (Å²) in [6.45, 7) is 12.2. The van der Waals surface area contributed by atoms with Crippen molar-refractivity contribution in [3.63, 3.8) is 0 Å². The van der Waals surface area contributed by atoms with Crippen LogP contribution < -0.4 is 0 Å². The van der Waals surface area contributed by atoms with Gasteiger partial charge in [-0.1, -0.05) is 52.4 Å². The van der Waals surface area contributed by atoms with Crippen molar-refractivity contribution in [3.8, 4) is 0 Å². The third-order valence-corrected chi connectivity index (χ3v) is 7.43. The molecule has 2 aromatic rings. The maximum absolute atomic E-state index is 13.1. The summed E-state index contributed by atoms with van der Waals surface area (Å²) in [4.78, 5) is 21.4. The third-order valence-electron chi connectivity index (χ3n) is 6.26. The fourth-order valence-electron chi connectivity index (χ4n) is 4.04. The van der Waals surface area contributed by atoms with Crippen LogP contribution in [0, 0.1) is 12.8 Å². The van der Waals surface area contributed by atoms with Crippen molar-refractivity contribution < 1.29 is 19.7 Å². The Hall–Kier alpha value is -2.25. The SMILES string of the molecule is Cc1cc(SC2=C(O)CC(CCc3cnc[nH]3)(C(C)C)OC2=O)c(C(C)(C)C)cc1CO. The van der Waals surface area contributed by atoms with Gasteiger partial charge in [0.2, 0.25) is 0 Å². The number of aliphatic hydroxyl groups is 2. The second-order valence-electron chi connectivity index (χ2n) is 9.92. The minimum atomic E-state index is -0.764. The molecule has 3 rings (SSSR count). The van der Waals surface area contributed by atoms with Crippen LogP contribution in [0.15, 0.2) is 40.2 Å². The van der Waals surface area contributed by atoms with Gasteiger partial charge in [-0.3, -0.25) is 0 Å². The normalized spacial score (nSPS) is 19.6. The van der Waals surface area contributed by atoms with Crippen molar-refractivity contribution >= 4 is 17.7 Å². The lowest BCUT2D eigenvalue weighted by Gasteiger charge is -2.40. The Bertz CT molecular complexity index is 1010. The molecule has 1 aliphatic heterocycles. The van der Waals surface area contributed by atoms with Gasteiger partial charge in [-0.25, -0.2) is 9.78 Å².